The van der Waals surface area contributed by atoms with Crippen LogP contribution in [0.3, 0.4) is 0 Å². The van der Waals surface area contributed by atoms with Crippen molar-refractivity contribution in [2.45, 2.75) is 96.3 Å². The molecule has 1 heterocycles. The number of carbonyl (C=O) groups is 5. The van der Waals surface area contributed by atoms with Gasteiger partial charge in [-0.3, -0.25) is 19.2 Å². The highest BCUT2D eigenvalue weighted by Crippen LogP contribution is 2.24. The molecule has 10 nitrogen and oxygen atoms in total. The number of allylic oxidation sites excluding steroid dienone is 1. The van der Waals surface area contributed by atoms with Crippen LogP contribution in [0.5, 0.6) is 0 Å². The summed E-state index contributed by atoms with van der Waals surface area (Å²) in [5.41, 5.74) is 2.43. The number of Topliss-reactive ketones (excluding diaryl/α,β-unsaturated/α-hetero) is 1. The Kier molecular flexibility index (Phi) is 15.5. The summed E-state index contributed by atoms with van der Waals surface area (Å²) in [6.07, 6.45) is 4.83. The Hall–Kier alpha value is -4.15. The van der Waals surface area contributed by atoms with E-state index in [9.17, 15) is 24.0 Å². The number of carbonyl (C=O) groups excluding carboxylic acids is 5. The minimum absolute atomic E-state index is 0.0439. The molecule has 3 atom stereocenters. The van der Waals surface area contributed by atoms with E-state index in [2.05, 4.69) is 0 Å². The molecule has 2 aromatic rings. The summed E-state index contributed by atoms with van der Waals surface area (Å²) in [6, 6.07) is 15.8. The Labute approximate surface area is 277 Å². The summed E-state index contributed by atoms with van der Waals surface area (Å²) in [4.78, 5) is 67.1. The second-order valence-electron chi connectivity index (χ2n) is 11.9. The highest BCUT2D eigenvalue weighted by Gasteiger charge is 2.46. The molecule has 0 aromatic heterocycles. The number of unbranched alkanes of at least 4 members (excludes halogenated alkanes) is 7. The topological polar surface area (TPSA) is 137 Å². The number of ketones is 2. The van der Waals surface area contributed by atoms with E-state index in [-0.39, 0.29) is 31.0 Å². The molecule has 1 fully saturated rings. The lowest BCUT2D eigenvalue weighted by Gasteiger charge is -2.28. The third-order valence-electron chi connectivity index (χ3n) is 8.09. The van der Waals surface area contributed by atoms with Crippen molar-refractivity contribution in [3.8, 4) is 0 Å². The first-order valence-corrected chi connectivity index (χ1v) is 16.4. The molecule has 2 aromatic carbocycles. The summed E-state index contributed by atoms with van der Waals surface area (Å²) in [6.45, 7) is 3.14. The van der Waals surface area contributed by atoms with Gasteiger partial charge >= 0.3 is 12.1 Å². The van der Waals surface area contributed by atoms with E-state index in [1.54, 1.807) is 18.2 Å². The molecule has 3 rings (SSSR count). The number of imide groups is 1. The molecule has 0 unspecified atom stereocenters. The van der Waals surface area contributed by atoms with Crippen LogP contribution in [-0.2, 0) is 39.8 Å². The number of rotatable bonds is 20. The number of methoxy groups -OCH3 is 1. The summed E-state index contributed by atoms with van der Waals surface area (Å²) >= 11 is 0. The van der Waals surface area contributed by atoms with Crippen molar-refractivity contribution in [2.24, 2.45) is 0 Å². The zero-order chi connectivity index (χ0) is 34.2. The number of aliphatic hydroxyl groups is 1. The van der Waals surface area contributed by atoms with Gasteiger partial charge in [0.15, 0.2) is 23.8 Å². The van der Waals surface area contributed by atoms with Gasteiger partial charge in [-0.15, -0.1) is 0 Å². The van der Waals surface area contributed by atoms with E-state index in [1.165, 1.54) is 7.11 Å². The summed E-state index contributed by atoms with van der Waals surface area (Å²) in [7, 11) is 1.18. The van der Waals surface area contributed by atoms with E-state index >= 15 is 0 Å². The number of esters is 1. The average Bonchev–Trinajstić information content (AvgIpc) is 3.41. The highest BCUT2D eigenvalue weighted by atomic mass is 16.6. The Bertz CT molecular complexity index is 1390. The van der Waals surface area contributed by atoms with Gasteiger partial charge in [-0.25, -0.2) is 9.69 Å². The summed E-state index contributed by atoms with van der Waals surface area (Å²) in [5.74, 6) is -2.79. The molecule has 1 N–H and O–H groups in total. The van der Waals surface area contributed by atoms with Crippen molar-refractivity contribution >= 4 is 35.1 Å². The van der Waals surface area contributed by atoms with Crippen LogP contribution >= 0.6 is 0 Å². The number of benzene rings is 2. The van der Waals surface area contributed by atoms with Crippen LogP contribution in [0.25, 0.3) is 5.57 Å². The minimum atomic E-state index is -1.76. The van der Waals surface area contributed by atoms with Crippen molar-refractivity contribution in [2.75, 3.05) is 20.3 Å². The van der Waals surface area contributed by atoms with Crippen LogP contribution in [0, 0.1) is 6.92 Å². The fourth-order valence-electron chi connectivity index (χ4n) is 5.66. The number of cyclic esters (lactones) is 1. The number of ether oxygens (including phenoxy) is 3. The third-order valence-corrected chi connectivity index (χ3v) is 8.09. The lowest BCUT2D eigenvalue weighted by atomic mass is 9.93. The molecule has 47 heavy (non-hydrogen) atoms. The first-order chi connectivity index (χ1) is 22.7. The third kappa shape index (κ3) is 11.6. The average molecular weight is 650 g/mol. The Morgan fingerprint density at radius 3 is 2.21 bits per heavy atom. The second-order valence-corrected chi connectivity index (χ2v) is 11.9. The zero-order valence-corrected chi connectivity index (χ0v) is 27.7. The van der Waals surface area contributed by atoms with Crippen LogP contribution in [-0.4, -0.2) is 78.1 Å². The molecule has 0 radical (unpaired) electrons. The molecule has 0 saturated carbocycles. The van der Waals surface area contributed by atoms with Gasteiger partial charge in [0.25, 0.3) is 5.91 Å². The van der Waals surface area contributed by atoms with Crippen molar-refractivity contribution in [1.82, 2.24) is 4.90 Å². The van der Waals surface area contributed by atoms with Crippen LogP contribution in [0.2, 0.25) is 0 Å². The SMILES string of the molecule is CO[C@H](C(=O)N1C(=O)OC[C@@H]1Cc1ccccc1)[C@H](OC(C)=O)C(=O)C=C(C(=O)CCCCCCCCCCO)c1cccc(C)c1. The molecular formula is C37H47NO9. The fraction of sp³-hybridized carbons (Fsp3) is 0.486. The molecular weight excluding hydrogens is 602 g/mol. The van der Waals surface area contributed by atoms with Gasteiger partial charge in [-0.05, 0) is 43.4 Å². The standard InChI is InChI=1S/C37H47NO9/c1-26-16-15-19-29(22-26)31(32(41)20-13-8-6-4-5-7-9-14-21-39)24-33(42)34(47-27(2)40)35(45-3)36(43)38-30(25-46-37(38)44)23-28-17-11-10-12-18-28/h10-12,15-19,22,24,30,34-35,39H,4-9,13-14,20-21,23,25H2,1-3H3/t30-,34+,35-/m0/s1. The number of hydrogen-bond donors (Lipinski definition) is 1. The van der Waals surface area contributed by atoms with Crippen LogP contribution in [0.1, 0.15) is 81.4 Å². The number of amides is 2. The van der Waals surface area contributed by atoms with Crippen molar-refractivity contribution in [1.29, 1.82) is 0 Å². The van der Waals surface area contributed by atoms with Crippen LogP contribution < -0.4 is 0 Å². The minimum Gasteiger partial charge on any atom is -0.451 e. The van der Waals surface area contributed by atoms with E-state index in [4.69, 9.17) is 19.3 Å². The molecule has 10 heteroatoms. The molecule has 0 spiro atoms. The van der Waals surface area contributed by atoms with Gasteiger partial charge in [0.2, 0.25) is 0 Å². The lowest BCUT2D eigenvalue weighted by Crippen LogP contribution is -2.53. The molecule has 254 valence electrons. The smallest absolute Gasteiger partial charge is 0.417 e. The van der Waals surface area contributed by atoms with Gasteiger partial charge in [0.1, 0.15) is 6.61 Å². The zero-order valence-electron chi connectivity index (χ0n) is 27.7. The summed E-state index contributed by atoms with van der Waals surface area (Å²) in [5, 5.41) is 8.91. The maximum absolute atomic E-state index is 13.9. The first kappa shape index (κ1) is 37.3. The van der Waals surface area contributed by atoms with Gasteiger partial charge in [-0.2, -0.15) is 0 Å². The van der Waals surface area contributed by atoms with E-state index in [0.717, 1.165) is 74.0 Å². The summed E-state index contributed by atoms with van der Waals surface area (Å²) < 4.78 is 16.0. The van der Waals surface area contributed by atoms with E-state index < -0.39 is 42.0 Å². The molecule has 1 saturated heterocycles. The van der Waals surface area contributed by atoms with Gasteiger partial charge in [0, 0.05) is 32.6 Å². The Balaban J connectivity index is 1.81. The molecule has 0 bridgehead atoms. The van der Waals surface area contributed by atoms with Gasteiger partial charge in [0.05, 0.1) is 6.04 Å². The number of nitrogens with zero attached hydrogens (tertiary/aromatic N) is 1. The predicted molar refractivity (Wildman–Crippen MR) is 176 cm³/mol. The van der Waals surface area contributed by atoms with Crippen LogP contribution in [0.15, 0.2) is 60.7 Å². The molecule has 1 aliphatic rings. The van der Waals surface area contributed by atoms with E-state index in [1.807, 2.05) is 43.3 Å². The van der Waals surface area contributed by atoms with Gasteiger partial charge < -0.3 is 19.3 Å². The molecule has 2 amide bonds. The largest absolute Gasteiger partial charge is 0.451 e. The fourth-order valence-corrected chi connectivity index (χ4v) is 5.66. The number of hydrogen-bond acceptors (Lipinski definition) is 9. The van der Waals surface area contributed by atoms with Crippen molar-refractivity contribution in [3.63, 3.8) is 0 Å². The Morgan fingerprint density at radius 1 is 0.936 bits per heavy atom. The van der Waals surface area contributed by atoms with Crippen molar-refractivity contribution < 1.29 is 43.3 Å². The first-order valence-electron chi connectivity index (χ1n) is 16.4. The monoisotopic (exact) mass is 649 g/mol. The number of aryl methyl sites for hydroxylation is 1. The van der Waals surface area contributed by atoms with Gasteiger partial charge in [-0.1, -0.05) is 98.7 Å². The molecule has 1 aliphatic heterocycles. The van der Waals surface area contributed by atoms with Crippen LogP contribution in [0.4, 0.5) is 4.79 Å². The molecule has 0 aliphatic carbocycles. The quantitative estimate of drug-likeness (QED) is 0.111. The maximum Gasteiger partial charge on any atom is 0.417 e. The normalized spacial score (nSPS) is 16.0. The van der Waals surface area contributed by atoms with E-state index in [0.29, 0.717) is 18.4 Å². The maximum atomic E-state index is 13.9. The number of aliphatic hydroxyl groups excluding tert-OH is 1. The second kappa shape index (κ2) is 19.5. The van der Waals surface area contributed by atoms with Crippen molar-refractivity contribution in [3.05, 3.63) is 77.4 Å². The lowest BCUT2D eigenvalue weighted by molar-refractivity contribution is -0.166. The highest BCUT2D eigenvalue weighted by molar-refractivity contribution is 6.25. The Morgan fingerprint density at radius 2 is 1.60 bits per heavy atom. The predicted octanol–water partition coefficient (Wildman–Crippen LogP) is 5.56.